The number of anilines is 1. The maximum absolute atomic E-state index is 13.0. The van der Waals surface area contributed by atoms with Gasteiger partial charge in [-0.25, -0.2) is 13.2 Å². The topological polar surface area (TPSA) is 55.3 Å². The van der Waals surface area contributed by atoms with Crippen molar-refractivity contribution in [2.45, 2.75) is 26.3 Å². The van der Waals surface area contributed by atoms with Crippen molar-refractivity contribution in [3.05, 3.63) is 35.1 Å². The lowest BCUT2D eigenvalue weighted by Gasteiger charge is -2.26. The lowest BCUT2D eigenvalue weighted by atomic mass is 10.2. The van der Waals surface area contributed by atoms with Crippen molar-refractivity contribution in [1.29, 1.82) is 0 Å². The number of benzene rings is 1. The van der Waals surface area contributed by atoms with Crippen molar-refractivity contribution in [1.82, 2.24) is 10.2 Å². The molecular weight excluding hydrogens is 331 g/mol. The van der Waals surface area contributed by atoms with Crippen LogP contribution in [0.15, 0.2) is 24.3 Å². The van der Waals surface area contributed by atoms with Crippen LogP contribution in [-0.4, -0.2) is 28.8 Å². The van der Waals surface area contributed by atoms with Crippen molar-refractivity contribution in [2.75, 3.05) is 11.5 Å². The van der Waals surface area contributed by atoms with Gasteiger partial charge in [0.1, 0.15) is 5.82 Å². The molecule has 9 heteroatoms. The molecule has 1 aromatic carbocycles. The second kappa shape index (κ2) is 7.40. The van der Waals surface area contributed by atoms with Crippen LogP contribution in [0.3, 0.4) is 0 Å². The molecule has 0 unspecified atom stereocenters. The largest absolute Gasteiger partial charge is 0.459 e. The molecular formula is C14H14F3N3O2S. The fraction of sp³-hybridized carbons (Fsp3) is 0.357. The molecule has 1 heterocycles. The normalized spacial score (nSPS) is 11.1. The number of alkyl halides is 2. The molecule has 1 amide bonds. The smallest absolute Gasteiger partial charge is 0.294 e. The number of aromatic nitrogens is 2. The summed E-state index contributed by atoms with van der Waals surface area (Å²) in [5, 5.41) is 6.15. The van der Waals surface area contributed by atoms with E-state index in [9.17, 15) is 18.0 Å². The van der Waals surface area contributed by atoms with Gasteiger partial charge in [0.25, 0.3) is 17.5 Å². The Hall–Kier alpha value is -2.16. The standard InChI is InChI=1S/C14H14F3N3O2S/c1-8(2)20(10-5-3-9(15)4-6-10)11(21)7-22-14-19-18-13(23-14)12(16)17/h3-6,8,12H,7H2,1-2H3. The van der Waals surface area contributed by atoms with Crippen LogP contribution < -0.4 is 9.64 Å². The van der Waals surface area contributed by atoms with E-state index in [1.54, 1.807) is 13.8 Å². The third kappa shape index (κ3) is 4.41. The number of ether oxygens (including phenoxy) is 1. The number of carbonyl (C=O) groups excluding carboxylic acids is 1. The van der Waals surface area contributed by atoms with E-state index in [-0.39, 0.29) is 17.8 Å². The van der Waals surface area contributed by atoms with E-state index in [0.717, 1.165) is 0 Å². The van der Waals surface area contributed by atoms with E-state index >= 15 is 0 Å². The molecule has 0 saturated heterocycles. The lowest BCUT2D eigenvalue weighted by molar-refractivity contribution is -0.120. The highest BCUT2D eigenvalue weighted by Gasteiger charge is 2.21. The highest BCUT2D eigenvalue weighted by molar-refractivity contribution is 7.13. The molecule has 2 aromatic rings. The second-order valence-electron chi connectivity index (χ2n) is 4.83. The van der Waals surface area contributed by atoms with Crippen LogP contribution in [-0.2, 0) is 4.79 Å². The summed E-state index contributed by atoms with van der Waals surface area (Å²) in [5.74, 6) is -0.810. The summed E-state index contributed by atoms with van der Waals surface area (Å²) in [6.45, 7) is 3.20. The summed E-state index contributed by atoms with van der Waals surface area (Å²) in [5.41, 5.74) is 0.514. The number of hydrogen-bond donors (Lipinski definition) is 0. The molecule has 0 aliphatic carbocycles. The quantitative estimate of drug-likeness (QED) is 0.805. The lowest BCUT2D eigenvalue weighted by Crippen LogP contribution is -2.40. The molecule has 0 aliphatic rings. The van der Waals surface area contributed by atoms with Crippen LogP contribution in [0.2, 0.25) is 0 Å². The number of halogens is 3. The number of amides is 1. The number of carbonyl (C=O) groups is 1. The zero-order valence-corrected chi connectivity index (χ0v) is 13.2. The van der Waals surface area contributed by atoms with Gasteiger partial charge in [-0.2, -0.15) is 0 Å². The molecule has 0 saturated carbocycles. The van der Waals surface area contributed by atoms with Gasteiger partial charge in [0.05, 0.1) is 0 Å². The van der Waals surface area contributed by atoms with E-state index in [1.165, 1.54) is 29.2 Å². The minimum absolute atomic E-state index is 0.100. The Kier molecular flexibility index (Phi) is 5.54. The Morgan fingerprint density at radius 1 is 1.26 bits per heavy atom. The first-order chi connectivity index (χ1) is 10.9. The molecule has 124 valence electrons. The van der Waals surface area contributed by atoms with Crippen molar-refractivity contribution < 1.29 is 22.7 Å². The minimum atomic E-state index is -2.73. The van der Waals surface area contributed by atoms with Gasteiger partial charge in [-0.15, -0.1) is 5.10 Å². The third-order valence-electron chi connectivity index (χ3n) is 2.82. The minimum Gasteiger partial charge on any atom is -0.459 e. The monoisotopic (exact) mass is 345 g/mol. The van der Waals surface area contributed by atoms with Crippen molar-refractivity contribution in [3.63, 3.8) is 0 Å². The first-order valence-electron chi connectivity index (χ1n) is 6.70. The van der Waals surface area contributed by atoms with Gasteiger partial charge >= 0.3 is 0 Å². The number of nitrogens with zero attached hydrogens (tertiary/aromatic N) is 3. The maximum atomic E-state index is 13.0. The summed E-state index contributed by atoms with van der Waals surface area (Å²) in [6, 6.07) is 5.26. The SMILES string of the molecule is CC(C)N(C(=O)COc1nnc(C(F)F)s1)c1ccc(F)cc1. The van der Waals surface area contributed by atoms with Gasteiger partial charge in [-0.05, 0) is 38.1 Å². The van der Waals surface area contributed by atoms with E-state index in [2.05, 4.69) is 10.2 Å². The third-order valence-corrected chi connectivity index (χ3v) is 3.66. The Balaban J connectivity index is 2.04. The van der Waals surface area contributed by atoms with Crippen LogP contribution in [0, 0.1) is 5.82 Å². The maximum Gasteiger partial charge on any atom is 0.294 e. The Labute approximate surface area is 134 Å². The predicted octanol–water partition coefficient (Wildman–Crippen LogP) is 3.44. The molecule has 0 radical (unpaired) electrons. The zero-order valence-electron chi connectivity index (χ0n) is 12.4. The first kappa shape index (κ1) is 17.2. The molecule has 2 rings (SSSR count). The molecule has 0 N–H and O–H groups in total. The summed E-state index contributed by atoms with van der Waals surface area (Å²) < 4.78 is 42.9. The van der Waals surface area contributed by atoms with Gasteiger partial charge in [-0.1, -0.05) is 16.4 Å². The summed E-state index contributed by atoms with van der Waals surface area (Å²) >= 11 is 0.586. The second-order valence-corrected chi connectivity index (χ2v) is 5.80. The molecule has 0 bridgehead atoms. The van der Waals surface area contributed by atoms with Crippen LogP contribution in [0.1, 0.15) is 25.3 Å². The average Bonchev–Trinajstić information content (AvgIpc) is 2.96. The summed E-state index contributed by atoms with van der Waals surface area (Å²) in [7, 11) is 0. The van der Waals surface area contributed by atoms with Crippen LogP contribution >= 0.6 is 11.3 Å². The van der Waals surface area contributed by atoms with Gasteiger partial charge < -0.3 is 9.64 Å². The van der Waals surface area contributed by atoms with Gasteiger partial charge in [0, 0.05) is 11.7 Å². The Bertz CT molecular complexity index is 662. The first-order valence-corrected chi connectivity index (χ1v) is 7.52. The predicted molar refractivity (Wildman–Crippen MR) is 79.4 cm³/mol. The fourth-order valence-corrected chi connectivity index (χ4v) is 2.44. The molecule has 0 aliphatic heterocycles. The van der Waals surface area contributed by atoms with Gasteiger partial charge in [0.2, 0.25) is 0 Å². The van der Waals surface area contributed by atoms with E-state index in [4.69, 9.17) is 4.74 Å². The molecule has 0 spiro atoms. The van der Waals surface area contributed by atoms with E-state index in [0.29, 0.717) is 17.0 Å². The Morgan fingerprint density at radius 3 is 2.43 bits per heavy atom. The highest BCUT2D eigenvalue weighted by atomic mass is 32.1. The molecule has 0 atom stereocenters. The average molecular weight is 345 g/mol. The highest BCUT2D eigenvalue weighted by Crippen LogP contribution is 2.26. The van der Waals surface area contributed by atoms with E-state index < -0.39 is 23.2 Å². The van der Waals surface area contributed by atoms with Crippen LogP contribution in [0.5, 0.6) is 5.19 Å². The number of hydrogen-bond acceptors (Lipinski definition) is 5. The Morgan fingerprint density at radius 2 is 1.91 bits per heavy atom. The van der Waals surface area contributed by atoms with Crippen molar-refractivity contribution in [3.8, 4) is 5.19 Å². The molecule has 23 heavy (non-hydrogen) atoms. The summed E-state index contributed by atoms with van der Waals surface area (Å²) in [6.07, 6.45) is -2.73. The molecule has 5 nitrogen and oxygen atoms in total. The van der Waals surface area contributed by atoms with Crippen LogP contribution in [0.25, 0.3) is 0 Å². The van der Waals surface area contributed by atoms with Crippen LogP contribution in [0.4, 0.5) is 18.9 Å². The van der Waals surface area contributed by atoms with Gasteiger partial charge in [0.15, 0.2) is 11.6 Å². The molecule has 0 fully saturated rings. The zero-order chi connectivity index (χ0) is 17.0. The summed E-state index contributed by atoms with van der Waals surface area (Å²) in [4.78, 5) is 13.7. The van der Waals surface area contributed by atoms with Crippen molar-refractivity contribution >= 4 is 22.9 Å². The van der Waals surface area contributed by atoms with Gasteiger partial charge in [-0.3, -0.25) is 4.79 Å². The van der Waals surface area contributed by atoms with E-state index in [1.807, 2.05) is 0 Å². The number of rotatable bonds is 6. The molecule has 1 aromatic heterocycles. The fourth-order valence-electron chi connectivity index (χ4n) is 1.89. The van der Waals surface area contributed by atoms with Crippen molar-refractivity contribution in [2.24, 2.45) is 0 Å².